The van der Waals surface area contributed by atoms with Crippen molar-refractivity contribution in [2.75, 3.05) is 53.3 Å². The molecule has 1 aliphatic heterocycles. The molecule has 1 heterocycles. The van der Waals surface area contributed by atoms with Gasteiger partial charge >= 0.3 is 5.97 Å². The predicted molar refractivity (Wildman–Crippen MR) is 141 cm³/mol. The molecule has 0 saturated heterocycles. The topological polar surface area (TPSA) is 89.9 Å². The molecule has 0 saturated carbocycles. The lowest BCUT2D eigenvalue weighted by atomic mass is 9.99. The first kappa shape index (κ1) is 30.1. The van der Waals surface area contributed by atoms with E-state index in [9.17, 15) is 4.79 Å². The first-order valence-electron chi connectivity index (χ1n) is 12.3. The summed E-state index contributed by atoms with van der Waals surface area (Å²) >= 11 is 0. The summed E-state index contributed by atoms with van der Waals surface area (Å²) in [7, 11) is 1.85. The molecule has 0 radical (unpaired) electrons. The minimum Gasteiger partial charge on any atom is -0.480 e. The lowest BCUT2D eigenvalue weighted by molar-refractivity contribution is -0.142. The molecule has 37 heavy (non-hydrogen) atoms. The van der Waals surface area contributed by atoms with Gasteiger partial charge in [-0.25, -0.2) is 9.86 Å². The molecule has 1 aromatic carbocycles. The smallest absolute Gasteiger partial charge is 0.329 e. The Labute approximate surface area is 220 Å². The Bertz CT molecular complexity index is 930. The van der Waals surface area contributed by atoms with Gasteiger partial charge in [-0.2, -0.15) is 0 Å². The van der Waals surface area contributed by atoms with Crippen molar-refractivity contribution in [1.82, 2.24) is 9.96 Å². The van der Waals surface area contributed by atoms with Crippen LogP contribution in [0.25, 0.3) is 0 Å². The number of carboxylic acid groups (broad SMARTS) is 1. The van der Waals surface area contributed by atoms with Crippen LogP contribution in [0.1, 0.15) is 25.8 Å². The molecular formula is C28H40N2O7. The summed E-state index contributed by atoms with van der Waals surface area (Å²) in [5.74, 6) is -0.428. The van der Waals surface area contributed by atoms with Gasteiger partial charge in [0.15, 0.2) is 0 Å². The second-order valence-electron chi connectivity index (χ2n) is 8.35. The van der Waals surface area contributed by atoms with Crippen molar-refractivity contribution < 1.29 is 33.7 Å². The third-order valence-corrected chi connectivity index (χ3v) is 5.46. The van der Waals surface area contributed by atoms with E-state index in [1.165, 1.54) is 5.56 Å². The van der Waals surface area contributed by atoms with Crippen molar-refractivity contribution in [3.05, 3.63) is 84.1 Å². The third kappa shape index (κ3) is 10.4. The van der Waals surface area contributed by atoms with Crippen molar-refractivity contribution in [3.63, 3.8) is 0 Å². The first-order valence-corrected chi connectivity index (χ1v) is 12.3. The van der Waals surface area contributed by atoms with Crippen LogP contribution in [0.4, 0.5) is 0 Å². The summed E-state index contributed by atoms with van der Waals surface area (Å²) in [6.07, 6.45) is 4.35. The Morgan fingerprint density at radius 1 is 1.11 bits per heavy atom. The van der Waals surface area contributed by atoms with Gasteiger partial charge in [-0.15, -0.1) is 0 Å². The Kier molecular flexibility index (Phi) is 13.5. The molecule has 204 valence electrons. The number of rotatable bonds is 18. The standard InChI is InChI=1S/C28H40N2O7/c1-6-24-19-26(36-18-17-34-14-13-33-15-16-35-21-27(31)32)28(29(5)37-22(3)4)25(7-2)30(24)20-23-11-9-8-10-12-23/h6-12,26H,2-3,13-21H2,1,4-5H3,(H,31,32)/b24-6+/t26-/m1/s1. The maximum absolute atomic E-state index is 10.4. The third-order valence-electron chi connectivity index (χ3n) is 5.46. The van der Waals surface area contributed by atoms with Crippen molar-refractivity contribution in [3.8, 4) is 0 Å². The Morgan fingerprint density at radius 2 is 1.73 bits per heavy atom. The number of likely N-dealkylation sites (N-methyl/N-ethyl adjacent to an activating group) is 1. The van der Waals surface area contributed by atoms with E-state index in [0.29, 0.717) is 51.8 Å². The number of hydrogen-bond donors (Lipinski definition) is 1. The molecular weight excluding hydrogens is 476 g/mol. The van der Waals surface area contributed by atoms with Crippen LogP contribution < -0.4 is 0 Å². The fraction of sp³-hybridized carbons (Fsp3) is 0.464. The molecule has 0 fully saturated rings. The molecule has 0 unspecified atom stereocenters. The van der Waals surface area contributed by atoms with Gasteiger partial charge in [0.25, 0.3) is 0 Å². The van der Waals surface area contributed by atoms with Crippen LogP contribution in [0.5, 0.6) is 0 Å². The second kappa shape index (κ2) is 16.6. The molecule has 0 amide bonds. The Hall–Kier alpha value is -3.11. The lowest BCUT2D eigenvalue weighted by Gasteiger charge is -2.41. The molecule has 0 bridgehead atoms. The van der Waals surface area contributed by atoms with Crippen LogP contribution in [-0.2, 0) is 35.1 Å². The van der Waals surface area contributed by atoms with Gasteiger partial charge in [0, 0.05) is 25.7 Å². The van der Waals surface area contributed by atoms with Gasteiger partial charge in [0.1, 0.15) is 24.2 Å². The first-order chi connectivity index (χ1) is 17.9. The number of nitrogens with zero attached hydrogens (tertiary/aromatic N) is 2. The molecule has 9 heteroatoms. The molecule has 1 aliphatic rings. The largest absolute Gasteiger partial charge is 0.480 e. The summed E-state index contributed by atoms with van der Waals surface area (Å²) < 4.78 is 22.2. The van der Waals surface area contributed by atoms with Crippen molar-refractivity contribution >= 4 is 5.97 Å². The highest BCUT2D eigenvalue weighted by Gasteiger charge is 2.33. The van der Waals surface area contributed by atoms with E-state index in [1.807, 2.05) is 38.2 Å². The zero-order valence-electron chi connectivity index (χ0n) is 22.2. The minimum atomic E-state index is -0.998. The molecule has 2 rings (SSSR count). The molecule has 1 N–H and O–H groups in total. The fourth-order valence-electron chi connectivity index (χ4n) is 3.93. The van der Waals surface area contributed by atoms with Crippen molar-refractivity contribution in [1.29, 1.82) is 0 Å². The average molecular weight is 517 g/mol. The number of carbonyl (C=O) groups is 1. The van der Waals surface area contributed by atoms with Crippen LogP contribution in [0.15, 0.2) is 78.5 Å². The van der Waals surface area contributed by atoms with Gasteiger partial charge in [-0.3, -0.25) is 0 Å². The van der Waals surface area contributed by atoms with Gasteiger partial charge in [-0.1, -0.05) is 49.6 Å². The van der Waals surface area contributed by atoms with E-state index in [0.717, 1.165) is 17.1 Å². The van der Waals surface area contributed by atoms with E-state index in [1.54, 1.807) is 12.0 Å². The van der Waals surface area contributed by atoms with Crippen LogP contribution >= 0.6 is 0 Å². The van der Waals surface area contributed by atoms with E-state index in [2.05, 4.69) is 36.3 Å². The molecule has 0 aromatic heterocycles. The van der Waals surface area contributed by atoms with E-state index < -0.39 is 5.97 Å². The highest BCUT2D eigenvalue weighted by molar-refractivity contribution is 5.67. The summed E-state index contributed by atoms with van der Waals surface area (Å²) in [4.78, 5) is 18.5. The van der Waals surface area contributed by atoms with Crippen molar-refractivity contribution in [2.45, 2.75) is 32.9 Å². The van der Waals surface area contributed by atoms with Gasteiger partial charge < -0.3 is 33.8 Å². The number of ether oxygens (including phenoxy) is 4. The van der Waals surface area contributed by atoms with E-state index in [4.69, 9.17) is 28.9 Å². The van der Waals surface area contributed by atoms with Crippen molar-refractivity contribution in [2.24, 2.45) is 0 Å². The number of aliphatic carboxylic acids is 1. The van der Waals surface area contributed by atoms with Crippen LogP contribution in [0.3, 0.4) is 0 Å². The van der Waals surface area contributed by atoms with E-state index >= 15 is 0 Å². The highest BCUT2D eigenvalue weighted by atomic mass is 16.7. The number of hydroxylamine groups is 2. The Balaban J connectivity index is 1.98. The monoisotopic (exact) mass is 516 g/mol. The molecule has 0 spiro atoms. The number of carboxylic acids is 1. The summed E-state index contributed by atoms with van der Waals surface area (Å²) in [5, 5.41) is 10.2. The maximum atomic E-state index is 10.4. The van der Waals surface area contributed by atoms with Crippen LogP contribution in [0.2, 0.25) is 0 Å². The molecule has 1 aromatic rings. The number of allylic oxidation sites excluding steroid dienone is 3. The highest BCUT2D eigenvalue weighted by Crippen LogP contribution is 2.35. The van der Waals surface area contributed by atoms with E-state index in [-0.39, 0.29) is 19.3 Å². The Morgan fingerprint density at radius 3 is 2.30 bits per heavy atom. The zero-order valence-corrected chi connectivity index (χ0v) is 22.2. The van der Waals surface area contributed by atoms with Crippen LogP contribution in [-0.4, -0.2) is 80.4 Å². The maximum Gasteiger partial charge on any atom is 0.329 e. The zero-order chi connectivity index (χ0) is 27.0. The van der Waals surface area contributed by atoms with Gasteiger partial charge in [0.2, 0.25) is 0 Å². The second-order valence-corrected chi connectivity index (χ2v) is 8.35. The number of benzene rings is 1. The predicted octanol–water partition coefficient (Wildman–Crippen LogP) is 4.11. The summed E-state index contributed by atoms with van der Waals surface area (Å²) in [6, 6.07) is 10.3. The quantitative estimate of drug-likeness (QED) is 0.176. The van der Waals surface area contributed by atoms with Gasteiger partial charge in [0.05, 0.1) is 45.3 Å². The fourth-order valence-corrected chi connectivity index (χ4v) is 3.93. The lowest BCUT2D eigenvalue weighted by Crippen LogP contribution is -2.40. The summed E-state index contributed by atoms with van der Waals surface area (Å²) in [6.45, 7) is 14.3. The average Bonchev–Trinajstić information content (AvgIpc) is 2.87. The minimum absolute atomic E-state index is 0.228. The number of hydrogen-bond acceptors (Lipinski definition) is 8. The normalized spacial score (nSPS) is 16.7. The molecule has 9 nitrogen and oxygen atoms in total. The SMILES string of the molecule is C=CC1=C(N(C)OC(=C)C)[C@H](OCCOCCOCCOCC(=O)O)C/C(=C\C)N1Cc1ccccc1. The molecule has 0 aliphatic carbocycles. The summed E-state index contributed by atoms with van der Waals surface area (Å²) in [5.41, 5.74) is 4.10. The molecule has 1 atom stereocenters. The van der Waals surface area contributed by atoms with Gasteiger partial charge in [-0.05, 0) is 25.5 Å². The van der Waals surface area contributed by atoms with Crippen LogP contribution in [0, 0.1) is 0 Å².